The summed E-state index contributed by atoms with van der Waals surface area (Å²) < 4.78 is 11.4. The van der Waals surface area contributed by atoms with Gasteiger partial charge in [-0.25, -0.2) is 0 Å². The van der Waals surface area contributed by atoms with Crippen molar-refractivity contribution in [3.8, 4) is 5.75 Å². The summed E-state index contributed by atoms with van der Waals surface area (Å²) in [6, 6.07) is 25.7. The number of fused-ring (bicyclic) bond motifs is 2. The van der Waals surface area contributed by atoms with Crippen molar-refractivity contribution in [3.05, 3.63) is 136 Å². The molecule has 3 aliphatic rings. The number of aryl methyl sites for hydroxylation is 1. The second-order valence-corrected chi connectivity index (χ2v) is 19.6. The predicted molar refractivity (Wildman–Crippen MR) is 238 cm³/mol. The summed E-state index contributed by atoms with van der Waals surface area (Å²) in [5.74, 6) is 0.626. The van der Waals surface area contributed by atoms with Crippen LogP contribution in [-0.4, -0.2) is 93.7 Å². The molecule has 2 heterocycles. The molecule has 3 aromatic rings. The van der Waals surface area contributed by atoms with Crippen LogP contribution in [0.3, 0.4) is 0 Å². The predicted octanol–water partition coefficient (Wildman–Crippen LogP) is 8.62. The maximum atomic E-state index is 11.2. The molecular weight excluding hydrogens is 717 g/mol. The molecule has 0 spiro atoms. The molecule has 0 bridgehead atoms. The van der Waals surface area contributed by atoms with E-state index < -0.39 is 5.97 Å². The number of carboxylic acid groups (broad SMARTS) is 1. The van der Waals surface area contributed by atoms with Crippen molar-refractivity contribution in [3.63, 3.8) is 0 Å². The Morgan fingerprint density at radius 1 is 0.793 bits per heavy atom. The summed E-state index contributed by atoms with van der Waals surface area (Å²) >= 11 is 0. The molecule has 0 saturated carbocycles. The zero-order chi connectivity index (χ0) is 41.9. The van der Waals surface area contributed by atoms with Gasteiger partial charge < -0.3 is 28.5 Å². The number of carboxylic acids is 1. The number of benzene rings is 3. The molecule has 0 atom stereocenters. The molecule has 1 aliphatic carbocycles. The third-order valence-corrected chi connectivity index (χ3v) is 12.1. The monoisotopic (exact) mass is 785 g/mol. The Morgan fingerprint density at radius 2 is 1.45 bits per heavy atom. The van der Waals surface area contributed by atoms with E-state index in [4.69, 9.17) is 4.74 Å². The number of nitrogens with zero attached hydrogens (tertiary/aromatic N) is 4. The summed E-state index contributed by atoms with van der Waals surface area (Å²) in [6.07, 6.45) is 14.9. The highest BCUT2D eigenvalue weighted by Gasteiger charge is 2.44. The van der Waals surface area contributed by atoms with E-state index in [0.29, 0.717) is 6.42 Å². The van der Waals surface area contributed by atoms with E-state index in [0.717, 1.165) is 84.3 Å². The van der Waals surface area contributed by atoms with Gasteiger partial charge in [0, 0.05) is 53.4 Å². The van der Waals surface area contributed by atoms with E-state index in [-0.39, 0.29) is 17.3 Å². The minimum Gasteiger partial charge on any atom is -0.550 e. The molecule has 0 N–H and O–H groups in total. The van der Waals surface area contributed by atoms with Gasteiger partial charge in [0.1, 0.15) is 11.5 Å². The van der Waals surface area contributed by atoms with Crippen molar-refractivity contribution in [2.75, 3.05) is 73.4 Å². The van der Waals surface area contributed by atoms with Crippen LogP contribution in [0.2, 0.25) is 0 Å². The quantitative estimate of drug-likeness (QED) is 0.108. The van der Waals surface area contributed by atoms with Crippen molar-refractivity contribution in [1.82, 2.24) is 0 Å². The zero-order valence-electron chi connectivity index (χ0n) is 37.0. The fourth-order valence-electron chi connectivity index (χ4n) is 8.97. The third kappa shape index (κ3) is 9.93. The van der Waals surface area contributed by atoms with Crippen molar-refractivity contribution in [2.24, 2.45) is 0 Å². The van der Waals surface area contributed by atoms with Gasteiger partial charge >= 0.3 is 0 Å². The number of para-hydroxylation sites is 2. The van der Waals surface area contributed by atoms with Crippen molar-refractivity contribution in [2.45, 2.75) is 83.5 Å². The van der Waals surface area contributed by atoms with E-state index >= 15 is 0 Å². The van der Waals surface area contributed by atoms with Crippen LogP contribution in [0, 0.1) is 0 Å². The van der Waals surface area contributed by atoms with Gasteiger partial charge in [0.25, 0.3) is 0 Å². The van der Waals surface area contributed by atoms with Gasteiger partial charge in [-0.1, -0.05) is 68.5 Å². The fraction of sp³-hybridized carbons (Fsp3) is 0.451. The van der Waals surface area contributed by atoms with Crippen molar-refractivity contribution < 1.29 is 28.2 Å². The highest BCUT2D eigenvalue weighted by Crippen LogP contribution is 2.48. The van der Waals surface area contributed by atoms with Crippen LogP contribution in [0.25, 0.3) is 0 Å². The van der Waals surface area contributed by atoms with Gasteiger partial charge in [-0.2, -0.15) is 4.58 Å². The molecule has 0 aromatic heterocycles. The number of aliphatic carboxylic acids is 1. The standard InChI is InChI=1S/C51H68N4O3/c1-50(2)42-20-11-13-22-44(42)52(34-16-36-54(5,6)7)46(50)31-27-39-18-15-19-40(49(39)58-41-29-24-38(25-30-41)26-33-48(56)57)28-32-47-51(3,4)43-21-12-14-23-45(43)53(47)35-17-37-55(8,9)10/h11-14,20-25,27-32H,15-19,26,33-37H2,1-10H3/q+2. The highest BCUT2D eigenvalue weighted by molar-refractivity contribution is 6.03. The zero-order valence-corrected chi connectivity index (χ0v) is 37.0. The lowest BCUT2D eigenvalue weighted by Crippen LogP contribution is -2.37. The maximum Gasteiger partial charge on any atom is 0.209 e. The van der Waals surface area contributed by atoms with Gasteiger partial charge in [-0.15, -0.1) is 0 Å². The Hall–Kier alpha value is -4.72. The topological polar surface area (TPSA) is 55.6 Å². The van der Waals surface area contributed by atoms with Crippen molar-refractivity contribution >= 4 is 23.1 Å². The molecule has 7 nitrogen and oxygen atoms in total. The summed E-state index contributed by atoms with van der Waals surface area (Å²) in [4.78, 5) is 13.7. The summed E-state index contributed by atoms with van der Waals surface area (Å²) in [7, 11) is 13.6. The molecule has 0 saturated heterocycles. The second kappa shape index (κ2) is 17.2. The average Bonchev–Trinajstić information content (AvgIpc) is 3.50. The second-order valence-electron chi connectivity index (χ2n) is 19.6. The molecule has 0 amide bonds. The molecule has 3 aromatic carbocycles. The van der Waals surface area contributed by atoms with Crippen LogP contribution in [0.15, 0.2) is 120 Å². The summed E-state index contributed by atoms with van der Waals surface area (Å²) in [5, 5.41) is 11.2. The molecule has 2 aliphatic heterocycles. The maximum absolute atomic E-state index is 11.2. The molecule has 7 heteroatoms. The first-order valence-electron chi connectivity index (χ1n) is 21.4. The third-order valence-electron chi connectivity index (χ3n) is 12.1. The minimum atomic E-state index is -1.04. The molecule has 308 valence electrons. The van der Waals surface area contributed by atoms with Crippen LogP contribution < -0.4 is 14.7 Å². The number of anilines is 1. The highest BCUT2D eigenvalue weighted by atomic mass is 16.5. The number of quaternary nitrogens is 2. The number of carbonyl (C=O) groups is 1. The smallest absolute Gasteiger partial charge is 0.209 e. The molecule has 0 fully saturated rings. The molecular formula is C51H68N4O3+2. The van der Waals surface area contributed by atoms with Crippen LogP contribution in [0.5, 0.6) is 5.75 Å². The van der Waals surface area contributed by atoms with E-state index in [1.54, 1.807) is 0 Å². The Bertz CT molecular complexity index is 2130. The Morgan fingerprint density at radius 3 is 2.14 bits per heavy atom. The average molecular weight is 785 g/mol. The number of carbonyl (C=O) groups excluding carboxylic acids is 1. The number of rotatable bonds is 16. The van der Waals surface area contributed by atoms with E-state index in [1.165, 1.54) is 45.1 Å². The Balaban J connectivity index is 1.42. The molecule has 58 heavy (non-hydrogen) atoms. The fourth-order valence-corrected chi connectivity index (χ4v) is 8.97. The minimum absolute atomic E-state index is 0.000177. The van der Waals surface area contributed by atoms with Gasteiger partial charge in [0.05, 0.1) is 67.2 Å². The number of allylic oxidation sites excluding steroid dienone is 7. The van der Waals surface area contributed by atoms with Crippen LogP contribution >= 0.6 is 0 Å². The van der Waals surface area contributed by atoms with E-state index in [1.807, 2.05) is 24.3 Å². The first-order valence-corrected chi connectivity index (χ1v) is 21.4. The Kier molecular flexibility index (Phi) is 12.7. The summed E-state index contributed by atoms with van der Waals surface area (Å²) in [6.45, 7) is 13.5. The number of ether oxygens (including phenoxy) is 1. The van der Waals surface area contributed by atoms with Crippen LogP contribution in [0.4, 0.5) is 11.4 Å². The molecule has 0 unspecified atom stereocenters. The van der Waals surface area contributed by atoms with Crippen molar-refractivity contribution in [1.29, 1.82) is 0 Å². The number of hydrogen-bond acceptors (Lipinski definition) is 4. The van der Waals surface area contributed by atoms with Gasteiger partial charge in [0.2, 0.25) is 5.69 Å². The van der Waals surface area contributed by atoms with Gasteiger partial charge in [0.15, 0.2) is 12.3 Å². The Labute approximate surface area is 349 Å². The molecule has 6 rings (SSSR count). The number of hydrogen-bond donors (Lipinski definition) is 0. The summed E-state index contributed by atoms with van der Waals surface area (Å²) in [5.41, 5.74) is 11.0. The van der Waals surface area contributed by atoms with Crippen LogP contribution in [0.1, 0.15) is 82.9 Å². The van der Waals surface area contributed by atoms with E-state index in [9.17, 15) is 9.90 Å². The molecule has 0 radical (unpaired) electrons. The normalized spacial score (nSPS) is 19.1. The van der Waals surface area contributed by atoms with Gasteiger partial charge in [-0.05, 0) is 98.6 Å². The first-order chi connectivity index (χ1) is 27.3. The lowest BCUT2D eigenvalue weighted by molar-refractivity contribution is -0.871. The van der Waals surface area contributed by atoms with Gasteiger partial charge in [-0.3, -0.25) is 0 Å². The lowest BCUT2D eigenvalue weighted by Gasteiger charge is -2.29. The van der Waals surface area contributed by atoms with Crippen LogP contribution in [-0.2, 0) is 22.0 Å². The first kappa shape index (κ1) is 42.9. The largest absolute Gasteiger partial charge is 0.550 e. The SMILES string of the molecule is CC1(C)C(/C=C/C2=C(Oc3ccc(CCC(=O)[O-])cc3)C(=C/C=C3/N(CCC[N+](C)(C)C)c4ccccc4C3(C)C)/CCC2)=[N+](CCC[N+](C)(C)C)c2ccccc21. The lowest BCUT2D eigenvalue weighted by atomic mass is 9.81. The van der Waals surface area contributed by atoms with E-state index in [2.05, 4.69) is 152 Å².